The van der Waals surface area contributed by atoms with Gasteiger partial charge in [0.05, 0.1) is 19.8 Å². The van der Waals surface area contributed by atoms with Crippen LogP contribution in [0, 0.1) is 0 Å². The van der Waals surface area contributed by atoms with Crippen LogP contribution in [0.5, 0.6) is 0 Å². The number of aliphatic hydroxyl groups excluding tert-OH is 1. The zero-order valence-electron chi connectivity index (χ0n) is 13.2. The van der Waals surface area contributed by atoms with Gasteiger partial charge in [0.2, 0.25) is 0 Å². The van der Waals surface area contributed by atoms with Crippen LogP contribution >= 0.6 is 0 Å². The Morgan fingerprint density at radius 2 is 1.50 bits per heavy atom. The standard InChI is InChI=1S/C19H20O5/c20-17-18(23-12-15-9-5-2-6-10-15)16(24-19(17)21)13-22-11-14-7-3-1-4-8-14/h1-10,16-18,20H,11-13H2/t16?,17-,18-/m1/s1. The number of carbonyl (C=O) groups is 1. The lowest BCUT2D eigenvalue weighted by Gasteiger charge is -2.19. The second-order valence-corrected chi connectivity index (χ2v) is 5.68. The fraction of sp³-hybridized carbons (Fsp3) is 0.316. The first-order chi connectivity index (χ1) is 11.7. The molecule has 1 aliphatic rings. The number of ether oxygens (including phenoxy) is 3. The van der Waals surface area contributed by atoms with Gasteiger partial charge in [0, 0.05) is 0 Å². The normalized spacial score (nSPS) is 23.2. The Kier molecular flexibility index (Phi) is 5.59. The summed E-state index contributed by atoms with van der Waals surface area (Å²) in [6.07, 6.45) is -2.62. The molecule has 1 N–H and O–H groups in total. The van der Waals surface area contributed by atoms with E-state index in [1.807, 2.05) is 60.7 Å². The maximum absolute atomic E-state index is 11.6. The second-order valence-electron chi connectivity index (χ2n) is 5.68. The van der Waals surface area contributed by atoms with Gasteiger partial charge in [-0.25, -0.2) is 4.79 Å². The molecule has 5 nitrogen and oxygen atoms in total. The van der Waals surface area contributed by atoms with E-state index in [1.54, 1.807) is 0 Å². The summed E-state index contributed by atoms with van der Waals surface area (Å²) in [6, 6.07) is 19.3. The summed E-state index contributed by atoms with van der Waals surface area (Å²) >= 11 is 0. The Bertz CT molecular complexity index is 643. The van der Waals surface area contributed by atoms with E-state index >= 15 is 0 Å². The molecule has 0 aromatic heterocycles. The third-order valence-corrected chi connectivity index (χ3v) is 3.87. The molecule has 1 unspecified atom stereocenters. The maximum atomic E-state index is 11.6. The van der Waals surface area contributed by atoms with Gasteiger partial charge in [-0.3, -0.25) is 0 Å². The van der Waals surface area contributed by atoms with Crippen LogP contribution < -0.4 is 0 Å². The summed E-state index contributed by atoms with van der Waals surface area (Å²) < 4.78 is 16.5. The Morgan fingerprint density at radius 3 is 2.12 bits per heavy atom. The molecule has 126 valence electrons. The van der Waals surface area contributed by atoms with Crippen molar-refractivity contribution >= 4 is 5.97 Å². The quantitative estimate of drug-likeness (QED) is 0.788. The Balaban J connectivity index is 1.53. The van der Waals surface area contributed by atoms with Crippen molar-refractivity contribution < 1.29 is 24.1 Å². The van der Waals surface area contributed by atoms with Gasteiger partial charge in [0.25, 0.3) is 0 Å². The molecule has 0 spiro atoms. The number of hydrogen-bond donors (Lipinski definition) is 1. The molecule has 0 amide bonds. The number of rotatable bonds is 7. The molecule has 1 aliphatic heterocycles. The molecule has 0 saturated carbocycles. The first-order valence-corrected chi connectivity index (χ1v) is 7.90. The van der Waals surface area contributed by atoms with Crippen molar-refractivity contribution in [1.82, 2.24) is 0 Å². The van der Waals surface area contributed by atoms with Gasteiger partial charge < -0.3 is 19.3 Å². The molecular weight excluding hydrogens is 308 g/mol. The van der Waals surface area contributed by atoms with Gasteiger partial charge in [-0.15, -0.1) is 0 Å². The minimum Gasteiger partial charge on any atom is -0.455 e. The van der Waals surface area contributed by atoms with Crippen molar-refractivity contribution in [3.05, 3.63) is 71.8 Å². The van der Waals surface area contributed by atoms with E-state index in [0.29, 0.717) is 13.2 Å². The van der Waals surface area contributed by atoms with Crippen molar-refractivity contribution in [2.45, 2.75) is 31.5 Å². The van der Waals surface area contributed by atoms with Crippen molar-refractivity contribution in [3.8, 4) is 0 Å². The maximum Gasteiger partial charge on any atom is 0.338 e. The predicted molar refractivity (Wildman–Crippen MR) is 87.0 cm³/mol. The van der Waals surface area contributed by atoms with Crippen LogP contribution in [0.4, 0.5) is 0 Å². The molecule has 24 heavy (non-hydrogen) atoms. The fourth-order valence-corrected chi connectivity index (χ4v) is 2.58. The highest BCUT2D eigenvalue weighted by Gasteiger charge is 2.44. The molecule has 1 fully saturated rings. The topological polar surface area (TPSA) is 65.0 Å². The van der Waals surface area contributed by atoms with Crippen LogP contribution in [0.2, 0.25) is 0 Å². The Hall–Kier alpha value is -2.21. The van der Waals surface area contributed by atoms with Crippen LogP contribution in [-0.4, -0.2) is 36.0 Å². The second kappa shape index (κ2) is 8.06. The van der Waals surface area contributed by atoms with Gasteiger partial charge in [0.1, 0.15) is 6.10 Å². The summed E-state index contributed by atoms with van der Waals surface area (Å²) in [7, 11) is 0. The lowest BCUT2D eigenvalue weighted by atomic mass is 10.1. The lowest BCUT2D eigenvalue weighted by Crippen LogP contribution is -2.36. The minimum absolute atomic E-state index is 0.178. The average Bonchev–Trinajstić information content (AvgIpc) is 2.89. The van der Waals surface area contributed by atoms with Gasteiger partial charge >= 0.3 is 5.97 Å². The smallest absolute Gasteiger partial charge is 0.338 e. The first-order valence-electron chi connectivity index (χ1n) is 7.90. The van der Waals surface area contributed by atoms with Crippen molar-refractivity contribution in [1.29, 1.82) is 0 Å². The zero-order chi connectivity index (χ0) is 16.8. The highest BCUT2D eigenvalue weighted by molar-refractivity contribution is 5.77. The number of cyclic esters (lactones) is 1. The highest BCUT2D eigenvalue weighted by Crippen LogP contribution is 2.21. The third-order valence-electron chi connectivity index (χ3n) is 3.87. The lowest BCUT2D eigenvalue weighted by molar-refractivity contribution is -0.149. The number of benzene rings is 2. The highest BCUT2D eigenvalue weighted by atomic mass is 16.6. The zero-order valence-corrected chi connectivity index (χ0v) is 13.2. The summed E-state index contributed by atoms with van der Waals surface area (Å²) in [4.78, 5) is 11.6. The van der Waals surface area contributed by atoms with Crippen LogP contribution in [0.25, 0.3) is 0 Å². The van der Waals surface area contributed by atoms with Gasteiger partial charge in [-0.05, 0) is 11.1 Å². The van der Waals surface area contributed by atoms with E-state index in [9.17, 15) is 9.90 Å². The molecule has 3 atom stereocenters. The third kappa shape index (κ3) is 4.20. The fourth-order valence-electron chi connectivity index (χ4n) is 2.58. The molecule has 0 radical (unpaired) electrons. The number of aliphatic hydroxyl groups is 1. The molecular formula is C19H20O5. The van der Waals surface area contributed by atoms with Crippen LogP contribution in [-0.2, 0) is 32.2 Å². The average molecular weight is 328 g/mol. The minimum atomic E-state index is -1.28. The summed E-state index contributed by atoms with van der Waals surface area (Å²) in [5.74, 6) is -0.665. The van der Waals surface area contributed by atoms with E-state index in [-0.39, 0.29) is 6.61 Å². The first kappa shape index (κ1) is 16.6. The van der Waals surface area contributed by atoms with Crippen molar-refractivity contribution in [2.24, 2.45) is 0 Å². The van der Waals surface area contributed by atoms with Gasteiger partial charge in [-0.1, -0.05) is 60.7 Å². The largest absolute Gasteiger partial charge is 0.455 e. The predicted octanol–water partition coefficient (Wildman–Crippen LogP) is 2.07. The van der Waals surface area contributed by atoms with E-state index in [4.69, 9.17) is 14.2 Å². The number of esters is 1. The van der Waals surface area contributed by atoms with E-state index in [0.717, 1.165) is 11.1 Å². The summed E-state index contributed by atoms with van der Waals surface area (Å²) in [5.41, 5.74) is 2.00. The monoisotopic (exact) mass is 328 g/mol. The molecule has 2 aromatic rings. The summed E-state index contributed by atoms with van der Waals surface area (Å²) in [6.45, 7) is 0.891. The number of carbonyl (C=O) groups excluding carboxylic acids is 1. The molecule has 1 heterocycles. The Labute approximate surface area is 140 Å². The molecule has 1 saturated heterocycles. The summed E-state index contributed by atoms with van der Waals surface area (Å²) in [5, 5.41) is 9.97. The SMILES string of the molecule is O=C1OC(COCc2ccccc2)[C@@H](OCc2ccccc2)[C@H]1O. The van der Waals surface area contributed by atoms with Crippen LogP contribution in [0.15, 0.2) is 60.7 Å². The molecule has 3 rings (SSSR count). The number of hydrogen-bond acceptors (Lipinski definition) is 5. The van der Waals surface area contributed by atoms with Gasteiger partial charge in [0.15, 0.2) is 12.2 Å². The molecule has 5 heteroatoms. The Morgan fingerprint density at radius 1 is 0.917 bits per heavy atom. The van der Waals surface area contributed by atoms with Crippen molar-refractivity contribution in [3.63, 3.8) is 0 Å². The molecule has 2 aromatic carbocycles. The van der Waals surface area contributed by atoms with E-state index in [1.165, 1.54) is 0 Å². The van der Waals surface area contributed by atoms with E-state index < -0.39 is 24.3 Å². The van der Waals surface area contributed by atoms with Crippen LogP contribution in [0.1, 0.15) is 11.1 Å². The van der Waals surface area contributed by atoms with Gasteiger partial charge in [-0.2, -0.15) is 0 Å². The molecule has 0 aliphatic carbocycles. The van der Waals surface area contributed by atoms with Crippen molar-refractivity contribution in [2.75, 3.05) is 6.61 Å². The van der Waals surface area contributed by atoms with Crippen LogP contribution in [0.3, 0.4) is 0 Å². The van der Waals surface area contributed by atoms with E-state index in [2.05, 4.69) is 0 Å². The molecule has 0 bridgehead atoms.